The molecule has 0 spiro atoms. The van der Waals surface area contributed by atoms with Gasteiger partial charge >= 0.3 is 0 Å². The first-order valence-corrected chi connectivity index (χ1v) is 8.77. The highest BCUT2D eigenvalue weighted by Gasteiger charge is 2.31. The fraction of sp³-hybridized carbons (Fsp3) is 0.611. The van der Waals surface area contributed by atoms with Gasteiger partial charge in [-0.05, 0) is 43.4 Å². The van der Waals surface area contributed by atoms with Gasteiger partial charge < -0.3 is 15.0 Å². The summed E-state index contributed by atoms with van der Waals surface area (Å²) in [7, 11) is 0. The van der Waals surface area contributed by atoms with E-state index in [4.69, 9.17) is 4.74 Å². The van der Waals surface area contributed by atoms with E-state index < -0.39 is 0 Å². The Morgan fingerprint density at radius 1 is 1.08 bits per heavy atom. The van der Waals surface area contributed by atoms with Crippen LogP contribution in [-0.2, 0) is 20.9 Å². The minimum Gasteiger partial charge on any atom is -0.381 e. The summed E-state index contributed by atoms with van der Waals surface area (Å²) in [5, 5.41) is 2.99. The average molecular weight is 331 g/mol. The molecule has 3 heterocycles. The second-order valence-electron chi connectivity index (χ2n) is 6.56. The van der Waals surface area contributed by atoms with Crippen LogP contribution in [0, 0.1) is 11.8 Å². The Bertz CT molecular complexity index is 550. The van der Waals surface area contributed by atoms with E-state index in [0.717, 1.165) is 31.2 Å². The fourth-order valence-electron chi connectivity index (χ4n) is 3.40. The summed E-state index contributed by atoms with van der Waals surface area (Å²) in [6.45, 7) is 3.27. The molecule has 0 radical (unpaired) electrons. The number of ether oxygens (including phenoxy) is 1. The van der Waals surface area contributed by atoms with Crippen LogP contribution in [0.5, 0.6) is 0 Å². The van der Waals surface area contributed by atoms with Gasteiger partial charge in [-0.25, -0.2) is 0 Å². The molecule has 0 aliphatic carbocycles. The number of rotatable bonds is 4. The molecule has 2 aliphatic heterocycles. The van der Waals surface area contributed by atoms with Crippen molar-refractivity contribution >= 4 is 11.8 Å². The van der Waals surface area contributed by atoms with Crippen molar-refractivity contribution in [2.45, 2.75) is 32.2 Å². The van der Waals surface area contributed by atoms with Crippen LogP contribution in [0.4, 0.5) is 0 Å². The van der Waals surface area contributed by atoms with E-state index in [-0.39, 0.29) is 23.7 Å². The maximum Gasteiger partial charge on any atom is 0.225 e. The van der Waals surface area contributed by atoms with Crippen molar-refractivity contribution in [3.63, 3.8) is 0 Å². The largest absolute Gasteiger partial charge is 0.381 e. The molecule has 6 nitrogen and oxygen atoms in total. The molecule has 3 rings (SSSR count). The monoisotopic (exact) mass is 331 g/mol. The van der Waals surface area contributed by atoms with Gasteiger partial charge in [0.25, 0.3) is 0 Å². The van der Waals surface area contributed by atoms with Gasteiger partial charge in [-0.1, -0.05) is 0 Å². The first-order chi connectivity index (χ1) is 11.7. The van der Waals surface area contributed by atoms with Gasteiger partial charge in [-0.15, -0.1) is 0 Å². The quantitative estimate of drug-likeness (QED) is 0.904. The number of amides is 2. The summed E-state index contributed by atoms with van der Waals surface area (Å²) in [5.41, 5.74) is 1.05. The lowest BCUT2D eigenvalue weighted by molar-refractivity contribution is -0.141. The second-order valence-corrected chi connectivity index (χ2v) is 6.56. The van der Waals surface area contributed by atoms with Gasteiger partial charge in [-0.3, -0.25) is 14.6 Å². The normalized spacial score (nSPS) is 19.9. The van der Waals surface area contributed by atoms with E-state index in [1.165, 1.54) is 0 Å². The second kappa shape index (κ2) is 8.24. The first-order valence-electron chi connectivity index (χ1n) is 8.77. The molecule has 0 bridgehead atoms. The number of nitrogens with one attached hydrogen (secondary N) is 1. The lowest BCUT2D eigenvalue weighted by Crippen LogP contribution is -2.45. The third-order valence-electron chi connectivity index (χ3n) is 4.96. The van der Waals surface area contributed by atoms with Crippen LogP contribution in [0.1, 0.15) is 31.2 Å². The highest BCUT2D eigenvalue weighted by Crippen LogP contribution is 2.23. The Hall–Kier alpha value is -1.95. The Morgan fingerprint density at radius 2 is 1.75 bits per heavy atom. The topological polar surface area (TPSA) is 71.5 Å². The highest BCUT2D eigenvalue weighted by atomic mass is 16.5. The Balaban J connectivity index is 1.42. The zero-order valence-corrected chi connectivity index (χ0v) is 13.9. The van der Waals surface area contributed by atoms with Gasteiger partial charge in [0.2, 0.25) is 11.8 Å². The summed E-state index contributed by atoms with van der Waals surface area (Å²) in [6.07, 6.45) is 6.59. The van der Waals surface area contributed by atoms with E-state index in [0.29, 0.717) is 32.8 Å². The van der Waals surface area contributed by atoms with E-state index in [9.17, 15) is 9.59 Å². The minimum absolute atomic E-state index is 0.00516. The molecule has 2 amide bonds. The molecule has 2 saturated heterocycles. The van der Waals surface area contributed by atoms with Crippen LogP contribution in [-0.4, -0.2) is 48.0 Å². The number of piperidine rings is 1. The van der Waals surface area contributed by atoms with Crippen molar-refractivity contribution in [2.24, 2.45) is 11.8 Å². The third-order valence-corrected chi connectivity index (χ3v) is 4.96. The number of pyridine rings is 1. The van der Waals surface area contributed by atoms with Crippen LogP contribution >= 0.6 is 0 Å². The third kappa shape index (κ3) is 4.32. The van der Waals surface area contributed by atoms with Crippen LogP contribution < -0.4 is 5.32 Å². The lowest BCUT2D eigenvalue weighted by atomic mass is 9.93. The average Bonchev–Trinajstić information content (AvgIpc) is 2.67. The molecule has 130 valence electrons. The molecule has 0 saturated carbocycles. The lowest BCUT2D eigenvalue weighted by Gasteiger charge is -2.34. The van der Waals surface area contributed by atoms with E-state index >= 15 is 0 Å². The molecule has 0 atom stereocenters. The van der Waals surface area contributed by atoms with Crippen molar-refractivity contribution in [3.05, 3.63) is 30.1 Å². The van der Waals surface area contributed by atoms with Crippen LogP contribution in [0.2, 0.25) is 0 Å². The Labute approximate surface area is 142 Å². The van der Waals surface area contributed by atoms with Crippen molar-refractivity contribution in [1.82, 2.24) is 15.2 Å². The van der Waals surface area contributed by atoms with Gasteiger partial charge in [0.15, 0.2) is 0 Å². The Kier molecular flexibility index (Phi) is 5.80. The van der Waals surface area contributed by atoms with Gasteiger partial charge in [0, 0.05) is 57.1 Å². The molecule has 1 N–H and O–H groups in total. The summed E-state index contributed by atoms with van der Waals surface area (Å²) < 4.78 is 5.32. The van der Waals surface area contributed by atoms with E-state index in [2.05, 4.69) is 10.3 Å². The van der Waals surface area contributed by atoms with Gasteiger partial charge in [0.05, 0.1) is 0 Å². The number of hydrogen-bond acceptors (Lipinski definition) is 4. The van der Waals surface area contributed by atoms with Crippen molar-refractivity contribution in [1.29, 1.82) is 0 Å². The van der Waals surface area contributed by atoms with Gasteiger partial charge in [-0.2, -0.15) is 0 Å². The predicted octanol–water partition coefficient (Wildman–Crippen LogP) is 1.36. The SMILES string of the molecule is O=C(NCc1ccncc1)C1CCN(C(=O)C2CCOCC2)CC1. The number of carbonyl (C=O) groups is 2. The summed E-state index contributed by atoms with van der Waals surface area (Å²) in [5.74, 6) is 0.445. The zero-order chi connectivity index (χ0) is 16.8. The molecule has 0 aromatic carbocycles. The molecule has 2 fully saturated rings. The molecular weight excluding hydrogens is 306 g/mol. The Morgan fingerprint density at radius 3 is 2.42 bits per heavy atom. The van der Waals surface area contributed by atoms with Crippen LogP contribution in [0.15, 0.2) is 24.5 Å². The maximum absolute atomic E-state index is 12.5. The number of nitrogens with zero attached hydrogens (tertiary/aromatic N) is 2. The zero-order valence-electron chi connectivity index (χ0n) is 13.9. The van der Waals surface area contributed by atoms with E-state index in [1.54, 1.807) is 12.4 Å². The predicted molar refractivity (Wildman–Crippen MR) is 88.9 cm³/mol. The van der Waals surface area contributed by atoms with Crippen molar-refractivity contribution in [2.75, 3.05) is 26.3 Å². The van der Waals surface area contributed by atoms with Gasteiger partial charge in [0.1, 0.15) is 0 Å². The summed E-state index contributed by atoms with van der Waals surface area (Å²) in [4.78, 5) is 30.7. The van der Waals surface area contributed by atoms with Crippen molar-refractivity contribution < 1.29 is 14.3 Å². The smallest absolute Gasteiger partial charge is 0.225 e. The summed E-state index contributed by atoms with van der Waals surface area (Å²) >= 11 is 0. The number of likely N-dealkylation sites (tertiary alicyclic amines) is 1. The van der Waals surface area contributed by atoms with Crippen molar-refractivity contribution in [3.8, 4) is 0 Å². The number of aromatic nitrogens is 1. The fourth-order valence-corrected chi connectivity index (χ4v) is 3.40. The molecule has 6 heteroatoms. The standard InChI is InChI=1S/C18H25N3O3/c22-17(20-13-14-1-7-19-8-2-14)15-3-9-21(10-4-15)18(23)16-5-11-24-12-6-16/h1-2,7-8,15-16H,3-6,9-13H2,(H,20,22). The highest BCUT2D eigenvalue weighted by molar-refractivity contribution is 5.81. The maximum atomic E-state index is 12.5. The van der Waals surface area contributed by atoms with Crippen LogP contribution in [0.3, 0.4) is 0 Å². The molecule has 1 aromatic heterocycles. The minimum atomic E-state index is 0.00516. The molecular formula is C18H25N3O3. The molecule has 0 unspecified atom stereocenters. The number of carbonyl (C=O) groups excluding carboxylic acids is 2. The number of hydrogen-bond donors (Lipinski definition) is 1. The molecule has 2 aliphatic rings. The molecule has 1 aromatic rings. The van der Waals surface area contributed by atoms with Crippen LogP contribution in [0.25, 0.3) is 0 Å². The first kappa shape index (κ1) is 16.9. The summed E-state index contributed by atoms with van der Waals surface area (Å²) in [6, 6.07) is 3.80. The molecule has 24 heavy (non-hydrogen) atoms. The van der Waals surface area contributed by atoms with E-state index in [1.807, 2.05) is 17.0 Å².